The highest BCUT2D eigenvalue weighted by Gasteiger charge is 2.20. The van der Waals surface area contributed by atoms with E-state index in [1.807, 2.05) is 19.1 Å². The Labute approximate surface area is 145 Å². The maximum Gasteiger partial charge on any atom is 0.265 e. The van der Waals surface area contributed by atoms with Gasteiger partial charge in [-0.25, -0.2) is 0 Å². The first-order valence-corrected chi connectivity index (χ1v) is 7.85. The van der Waals surface area contributed by atoms with E-state index >= 15 is 0 Å². The number of carbonyl (C=O) groups is 1. The lowest BCUT2D eigenvalue weighted by molar-refractivity contribution is -0.122. The van der Waals surface area contributed by atoms with Gasteiger partial charge < -0.3 is 14.8 Å². The lowest BCUT2D eigenvalue weighted by atomic mass is 10.2. The number of benzene rings is 2. The Balaban J connectivity index is 2.12. The van der Waals surface area contributed by atoms with Crippen LogP contribution in [-0.2, 0) is 4.79 Å². The average molecular weight is 354 g/mol. The zero-order chi connectivity index (χ0) is 16.8. The summed E-state index contributed by atoms with van der Waals surface area (Å²) < 4.78 is 11.0. The van der Waals surface area contributed by atoms with Crippen molar-refractivity contribution >= 4 is 34.8 Å². The minimum absolute atomic E-state index is 0.281. The van der Waals surface area contributed by atoms with Crippen molar-refractivity contribution in [1.29, 1.82) is 0 Å². The zero-order valence-electron chi connectivity index (χ0n) is 12.8. The first-order valence-electron chi connectivity index (χ1n) is 7.10. The maximum absolute atomic E-state index is 12.4. The molecule has 6 heteroatoms. The van der Waals surface area contributed by atoms with E-state index in [0.29, 0.717) is 33.7 Å². The molecule has 0 aliphatic heterocycles. The highest BCUT2D eigenvalue weighted by atomic mass is 35.5. The number of hydrogen-bond acceptors (Lipinski definition) is 3. The predicted octanol–water partition coefficient (Wildman–Crippen LogP) is 4.80. The van der Waals surface area contributed by atoms with Gasteiger partial charge in [-0.15, -0.1) is 0 Å². The Morgan fingerprint density at radius 1 is 1.13 bits per heavy atom. The first kappa shape index (κ1) is 17.4. The Morgan fingerprint density at radius 3 is 2.30 bits per heavy atom. The van der Waals surface area contributed by atoms with Crippen LogP contribution in [-0.4, -0.2) is 19.1 Å². The van der Waals surface area contributed by atoms with Crippen LogP contribution in [0.2, 0.25) is 10.0 Å². The van der Waals surface area contributed by atoms with Crippen molar-refractivity contribution in [2.24, 2.45) is 0 Å². The fourth-order valence-electron chi connectivity index (χ4n) is 2.04. The Kier molecular flexibility index (Phi) is 6.13. The van der Waals surface area contributed by atoms with E-state index in [1.54, 1.807) is 37.4 Å². The second kappa shape index (κ2) is 8.09. The van der Waals surface area contributed by atoms with Crippen molar-refractivity contribution in [3.05, 3.63) is 52.5 Å². The van der Waals surface area contributed by atoms with Crippen LogP contribution in [0.4, 0.5) is 5.69 Å². The number of nitrogens with one attached hydrogen (secondary N) is 1. The number of anilines is 1. The Morgan fingerprint density at radius 2 is 1.74 bits per heavy atom. The minimum Gasteiger partial charge on any atom is -0.493 e. The lowest BCUT2D eigenvalue weighted by Crippen LogP contribution is -2.32. The van der Waals surface area contributed by atoms with Gasteiger partial charge in [0.1, 0.15) is 0 Å². The van der Waals surface area contributed by atoms with Gasteiger partial charge in [0.2, 0.25) is 0 Å². The van der Waals surface area contributed by atoms with E-state index in [4.69, 9.17) is 32.7 Å². The first-order chi connectivity index (χ1) is 11.0. The summed E-state index contributed by atoms with van der Waals surface area (Å²) in [5.74, 6) is 0.808. The highest BCUT2D eigenvalue weighted by Crippen LogP contribution is 2.28. The SMILES string of the molecule is CC[C@H](Oc1ccccc1OC)C(=O)Nc1cc(Cl)cc(Cl)c1. The number of carbonyl (C=O) groups excluding carboxylic acids is 1. The predicted molar refractivity (Wildman–Crippen MR) is 92.8 cm³/mol. The van der Waals surface area contributed by atoms with Gasteiger partial charge in [0, 0.05) is 15.7 Å². The van der Waals surface area contributed by atoms with E-state index in [-0.39, 0.29) is 5.91 Å². The van der Waals surface area contributed by atoms with E-state index in [1.165, 1.54) is 0 Å². The molecule has 0 spiro atoms. The van der Waals surface area contributed by atoms with Crippen LogP contribution in [0.1, 0.15) is 13.3 Å². The summed E-state index contributed by atoms with van der Waals surface area (Å²) in [6.07, 6.45) is -0.165. The Bertz CT molecular complexity index is 671. The summed E-state index contributed by atoms with van der Waals surface area (Å²) >= 11 is 11.9. The topological polar surface area (TPSA) is 47.6 Å². The fourth-order valence-corrected chi connectivity index (χ4v) is 2.57. The smallest absolute Gasteiger partial charge is 0.265 e. The molecule has 2 aromatic carbocycles. The van der Waals surface area contributed by atoms with Gasteiger partial charge in [-0.05, 0) is 36.8 Å². The number of rotatable bonds is 6. The lowest BCUT2D eigenvalue weighted by Gasteiger charge is -2.19. The molecule has 23 heavy (non-hydrogen) atoms. The molecule has 0 saturated heterocycles. The van der Waals surface area contributed by atoms with Crippen molar-refractivity contribution in [2.45, 2.75) is 19.4 Å². The standard InChI is InChI=1S/C17H17Cl2NO3/c1-3-14(23-16-7-5-4-6-15(16)22-2)17(21)20-13-9-11(18)8-12(19)10-13/h4-10,14H,3H2,1-2H3,(H,20,21)/t14-/m0/s1. The quantitative estimate of drug-likeness (QED) is 0.811. The van der Waals surface area contributed by atoms with Crippen molar-refractivity contribution in [3.8, 4) is 11.5 Å². The molecular formula is C17H17Cl2NO3. The summed E-state index contributed by atoms with van der Waals surface area (Å²) in [6, 6.07) is 12.0. The van der Waals surface area contributed by atoms with Crippen LogP contribution in [0.15, 0.2) is 42.5 Å². The van der Waals surface area contributed by atoms with Crippen LogP contribution in [0.3, 0.4) is 0 Å². The minimum atomic E-state index is -0.663. The molecule has 0 heterocycles. The van der Waals surface area contributed by atoms with Crippen molar-refractivity contribution < 1.29 is 14.3 Å². The van der Waals surface area contributed by atoms with Gasteiger partial charge in [0.15, 0.2) is 17.6 Å². The molecule has 4 nitrogen and oxygen atoms in total. The third-order valence-electron chi connectivity index (χ3n) is 3.13. The number of methoxy groups -OCH3 is 1. The van der Waals surface area contributed by atoms with Gasteiger partial charge >= 0.3 is 0 Å². The number of para-hydroxylation sites is 2. The van der Waals surface area contributed by atoms with Crippen LogP contribution < -0.4 is 14.8 Å². The molecule has 0 saturated carbocycles. The van der Waals surface area contributed by atoms with Crippen LogP contribution >= 0.6 is 23.2 Å². The zero-order valence-corrected chi connectivity index (χ0v) is 14.3. The molecule has 1 N–H and O–H groups in total. The van der Waals surface area contributed by atoms with Crippen LogP contribution in [0, 0.1) is 0 Å². The number of ether oxygens (including phenoxy) is 2. The van der Waals surface area contributed by atoms with E-state index in [0.717, 1.165) is 0 Å². The van der Waals surface area contributed by atoms with Crippen molar-refractivity contribution in [2.75, 3.05) is 12.4 Å². The van der Waals surface area contributed by atoms with Crippen LogP contribution in [0.25, 0.3) is 0 Å². The van der Waals surface area contributed by atoms with Gasteiger partial charge in [-0.2, -0.15) is 0 Å². The molecular weight excluding hydrogens is 337 g/mol. The van der Waals surface area contributed by atoms with Gasteiger partial charge in [-0.3, -0.25) is 4.79 Å². The molecule has 1 atom stereocenters. The highest BCUT2D eigenvalue weighted by molar-refractivity contribution is 6.35. The maximum atomic E-state index is 12.4. The normalized spacial score (nSPS) is 11.7. The largest absolute Gasteiger partial charge is 0.493 e. The second-order valence-corrected chi connectivity index (χ2v) is 5.69. The summed E-state index contributed by atoms with van der Waals surface area (Å²) in [6.45, 7) is 1.87. The summed E-state index contributed by atoms with van der Waals surface area (Å²) in [4.78, 5) is 12.4. The van der Waals surface area contributed by atoms with E-state index < -0.39 is 6.10 Å². The van der Waals surface area contributed by atoms with Gasteiger partial charge in [-0.1, -0.05) is 42.3 Å². The summed E-state index contributed by atoms with van der Waals surface area (Å²) in [5.41, 5.74) is 0.523. The van der Waals surface area contributed by atoms with Gasteiger partial charge in [0.05, 0.1) is 7.11 Å². The van der Waals surface area contributed by atoms with Crippen molar-refractivity contribution in [1.82, 2.24) is 0 Å². The van der Waals surface area contributed by atoms with Crippen LogP contribution in [0.5, 0.6) is 11.5 Å². The number of halogens is 2. The van der Waals surface area contributed by atoms with Gasteiger partial charge in [0.25, 0.3) is 5.91 Å². The molecule has 0 fully saturated rings. The summed E-state index contributed by atoms with van der Waals surface area (Å²) in [7, 11) is 1.55. The average Bonchev–Trinajstić information content (AvgIpc) is 2.51. The number of hydrogen-bond donors (Lipinski definition) is 1. The molecule has 0 unspecified atom stereocenters. The molecule has 2 aromatic rings. The molecule has 0 aliphatic rings. The molecule has 0 radical (unpaired) electrons. The summed E-state index contributed by atoms with van der Waals surface area (Å²) in [5, 5.41) is 3.66. The molecule has 0 bridgehead atoms. The molecule has 0 aliphatic carbocycles. The van der Waals surface area contributed by atoms with Crippen molar-refractivity contribution in [3.63, 3.8) is 0 Å². The molecule has 122 valence electrons. The number of amides is 1. The molecule has 1 amide bonds. The molecule has 2 rings (SSSR count). The van der Waals surface area contributed by atoms with E-state index in [9.17, 15) is 4.79 Å². The third kappa shape index (κ3) is 4.78. The second-order valence-electron chi connectivity index (χ2n) is 4.81. The third-order valence-corrected chi connectivity index (χ3v) is 3.57. The van der Waals surface area contributed by atoms with E-state index in [2.05, 4.69) is 5.32 Å². The monoisotopic (exact) mass is 353 g/mol. The molecule has 0 aromatic heterocycles. The fraction of sp³-hybridized carbons (Fsp3) is 0.235. The Hall–Kier alpha value is -1.91.